The van der Waals surface area contributed by atoms with Crippen molar-refractivity contribution in [3.8, 4) is 0 Å². The van der Waals surface area contributed by atoms with Crippen LogP contribution in [-0.2, 0) is 15.1 Å². The van der Waals surface area contributed by atoms with Gasteiger partial charge in [0.15, 0.2) is 23.5 Å². The number of urea groups is 1. The number of methoxy groups -OCH3 is 2. The van der Waals surface area contributed by atoms with Gasteiger partial charge in [-0.2, -0.15) is 0 Å². The molecule has 0 radical (unpaired) electrons. The number of hydrogen-bond donors (Lipinski definition) is 1. The summed E-state index contributed by atoms with van der Waals surface area (Å²) in [7, 11) is 4.57. The maximum atomic E-state index is 13.7. The van der Waals surface area contributed by atoms with Crippen LogP contribution in [0.15, 0.2) is 10.6 Å². The normalized spacial score (nSPS) is 13.3. The smallest absolute Gasteiger partial charge is 0.323 e. The third kappa shape index (κ3) is 4.40. The number of nitrogens with one attached hydrogen (secondary N) is 1. The van der Waals surface area contributed by atoms with Gasteiger partial charge in [-0.1, -0.05) is 5.16 Å². The lowest BCUT2D eigenvalue weighted by Gasteiger charge is -2.29. The lowest BCUT2D eigenvalue weighted by atomic mass is 10.1. The first-order valence-corrected chi connectivity index (χ1v) is 6.46. The van der Waals surface area contributed by atoms with E-state index >= 15 is 0 Å². The second-order valence-corrected chi connectivity index (χ2v) is 5.17. The number of nitrogens with zero attached hydrogens (tertiary/aromatic N) is 2. The molecule has 0 fully saturated rings. The average molecular weight is 303 g/mol. The third-order valence-electron chi connectivity index (χ3n) is 3.12. The number of alkyl halides is 1. The van der Waals surface area contributed by atoms with Gasteiger partial charge in [-0.15, -0.1) is 0 Å². The van der Waals surface area contributed by atoms with E-state index < -0.39 is 18.0 Å². The highest BCUT2D eigenvalue weighted by molar-refractivity contribution is 5.88. The summed E-state index contributed by atoms with van der Waals surface area (Å²) >= 11 is 0. The van der Waals surface area contributed by atoms with E-state index in [0.717, 1.165) is 0 Å². The number of ether oxygens (including phenoxy) is 2. The molecule has 1 heterocycles. The molecular formula is C13H22FN3O4. The SMILES string of the molecule is COC(OC)C(C)N(C)C(=O)Nc1cc(C(C)(C)F)on1. The number of amides is 2. The molecule has 0 aliphatic rings. The van der Waals surface area contributed by atoms with E-state index in [-0.39, 0.29) is 17.6 Å². The Morgan fingerprint density at radius 3 is 2.48 bits per heavy atom. The predicted octanol–water partition coefficient (Wildman–Crippen LogP) is 2.35. The van der Waals surface area contributed by atoms with Crippen molar-refractivity contribution < 1.29 is 23.2 Å². The Bertz CT molecular complexity index is 468. The fourth-order valence-electron chi connectivity index (χ4n) is 1.67. The van der Waals surface area contributed by atoms with Crippen LogP contribution in [0.3, 0.4) is 0 Å². The molecule has 0 aromatic carbocycles. The molecule has 7 nitrogen and oxygen atoms in total. The fourth-order valence-corrected chi connectivity index (χ4v) is 1.67. The van der Waals surface area contributed by atoms with E-state index in [1.807, 2.05) is 0 Å². The van der Waals surface area contributed by atoms with E-state index in [0.29, 0.717) is 0 Å². The molecule has 1 N–H and O–H groups in total. The molecule has 0 saturated carbocycles. The van der Waals surface area contributed by atoms with Crippen LogP contribution in [0.2, 0.25) is 0 Å². The van der Waals surface area contributed by atoms with Crippen LogP contribution in [0.25, 0.3) is 0 Å². The third-order valence-corrected chi connectivity index (χ3v) is 3.12. The first kappa shape index (κ1) is 17.4. The van der Waals surface area contributed by atoms with E-state index in [4.69, 9.17) is 14.0 Å². The molecule has 1 rings (SSSR count). The number of hydrogen-bond acceptors (Lipinski definition) is 5. The number of rotatable bonds is 6. The Morgan fingerprint density at radius 2 is 2.05 bits per heavy atom. The van der Waals surface area contributed by atoms with E-state index in [1.54, 1.807) is 14.0 Å². The van der Waals surface area contributed by atoms with Gasteiger partial charge in [-0.3, -0.25) is 5.32 Å². The summed E-state index contributed by atoms with van der Waals surface area (Å²) < 4.78 is 28.7. The number of carbonyl (C=O) groups excluding carboxylic acids is 1. The number of carbonyl (C=O) groups is 1. The van der Waals surface area contributed by atoms with Gasteiger partial charge in [0.25, 0.3) is 0 Å². The lowest BCUT2D eigenvalue weighted by molar-refractivity contribution is -0.132. The summed E-state index contributed by atoms with van der Waals surface area (Å²) in [5, 5.41) is 6.14. The molecule has 0 bridgehead atoms. The van der Waals surface area contributed by atoms with Crippen LogP contribution in [0.5, 0.6) is 0 Å². The molecule has 1 atom stereocenters. The van der Waals surface area contributed by atoms with Gasteiger partial charge in [0.2, 0.25) is 0 Å². The van der Waals surface area contributed by atoms with Crippen LogP contribution in [-0.4, -0.2) is 49.7 Å². The van der Waals surface area contributed by atoms with Gasteiger partial charge in [0.05, 0.1) is 6.04 Å². The minimum absolute atomic E-state index is 0.0418. The summed E-state index contributed by atoms with van der Waals surface area (Å²) in [4.78, 5) is 13.5. The number of halogens is 1. The Morgan fingerprint density at radius 1 is 1.48 bits per heavy atom. The highest BCUT2D eigenvalue weighted by atomic mass is 19.1. The van der Waals surface area contributed by atoms with Crippen molar-refractivity contribution in [2.24, 2.45) is 0 Å². The van der Waals surface area contributed by atoms with Crippen LogP contribution in [0.1, 0.15) is 26.5 Å². The highest BCUT2D eigenvalue weighted by Gasteiger charge is 2.27. The molecular weight excluding hydrogens is 281 g/mol. The summed E-state index contributed by atoms with van der Waals surface area (Å²) in [6.07, 6.45) is -0.557. The first-order valence-electron chi connectivity index (χ1n) is 6.46. The lowest BCUT2D eigenvalue weighted by Crippen LogP contribution is -2.46. The van der Waals surface area contributed by atoms with Gasteiger partial charge in [0.1, 0.15) is 0 Å². The topological polar surface area (TPSA) is 76.8 Å². The fraction of sp³-hybridized carbons (Fsp3) is 0.692. The van der Waals surface area contributed by atoms with E-state index in [9.17, 15) is 9.18 Å². The largest absolute Gasteiger partial charge is 0.356 e. The van der Waals surface area contributed by atoms with Crippen molar-refractivity contribution in [2.45, 2.75) is 38.8 Å². The van der Waals surface area contributed by atoms with Crippen molar-refractivity contribution in [1.29, 1.82) is 0 Å². The number of likely N-dealkylation sites (N-methyl/N-ethyl adjacent to an activating group) is 1. The molecule has 0 saturated heterocycles. The highest BCUT2D eigenvalue weighted by Crippen LogP contribution is 2.26. The zero-order valence-corrected chi connectivity index (χ0v) is 13.1. The summed E-state index contributed by atoms with van der Waals surface area (Å²) in [6.45, 7) is 4.46. The molecule has 0 spiro atoms. The van der Waals surface area contributed by atoms with Crippen molar-refractivity contribution in [3.63, 3.8) is 0 Å². The summed E-state index contributed by atoms with van der Waals surface area (Å²) in [6, 6.07) is 0.586. The molecule has 0 aliphatic heterocycles. The van der Waals surface area contributed by atoms with Crippen LogP contribution in [0.4, 0.5) is 15.0 Å². The van der Waals surface area contributed by atoms with Crippen LogP contribution in [0, 0.1) is 0 Å². The Balaban J connectivity index is 2.70. The van der Waals surface area contributed by atoms with Crippen molar-refractivity contribution in [2.75, 3.05) is 26.6 Å². The number of anilines is 1. The average Bonchev–Trinajstić information content (AvgIpc) is 2.87. The molecule has 1 aromatic rings. The quantitative estimate of drug-likeness (QED) is 0.816. The zero-order valence-electron chi connectivity index (χ0n) is 13.1. The van der Waals surface area contributed by atoms with Gasteiger partial charge in [0, 0.05) is 27.3 Å². The molecule has 8 heteroatoms. The van der Waals surface area contributed by atoms with Crippen LogP contribution >= 0.6 is 0 Å². The Hall–Kier alpha value is -1.67. The monoisotopic (exact) mass is 303 g/mol. The van der Waals surface area contributed by atoms with Crippen molar-refractivity contribution in [1.82, 2.24) is 10.1 Å². The second kappa shape index (κ2) is 6.86. The summed E-state index contributed by atoms with van der Waals surface area (Å²) in [5.41, 5.74) is -1.66. The minimum Gasteiger partial charge on any atom is -0.356 e. The van der Waals surface area contributed by atoms with Crippen molar-refractivity contribution in [3.05, 3.63) is 11.8 Å². The van der Waals surface area contributed by atoms with Gasteiger partial charge < -0.3 is 18.9 Å². The maximum Gasteiger partial charge on any atom is 0.323 e. The van der Waals surface area contributed by atoms with Gasteiger partial charge >= 0.3 is 6.03 Å². The molecule has 2 amide bonds. The van der Waals surface area contributed by atoms with E-state index in [2.05, 4.69) is 10.5 Å². The summed E-state index contributed by atoms with van der Waals surface area (Å²) in [5.74, 6) is 0.186. The molecule has 120 valence electrons. The van der Waals surface area contributed by atoms with Crippen molar-refractivity contribution >= 4 is 11.8 Å². The predicted molar refractivity (Wildman–Crippen MR) is 74.7 cm³/mol. The maximum absolute atomic E-state index is 13.7. The first-order chi connectivity index (χ1) is 9.70. The van der Waals surface area contributed by atoms with E-state index in [1.165, 1.54) is 39.0 Å². The Labute approximate surface area is 123 Å². The van der Waals surface area contributed by atoms with Gasteiger partial charge in [-0.25, -0.2) is 9.18 Å². The molecule has 1 unspecified atom stereocenters. The zero-order chi connectivity index (χ0) is 16.2. The van der Waals surface area contributed by atoms with Crippen LogP contribution < -0.4 is 5.32 Å². The second-order valence-electron chi connectivity index (χ2n) is 5.17. The minimum atomic E-state index is -1.66. The number of aromatic nitrogens is 1. The molecule has 21 heavy (non-hydrogen) atoms. The van der Waals surface area contributed by atoms with Gasteiger partial charge in [-0.05, 0) is 20.8 Å². The molecule has 0 aliphatic carbocycles. The Kier molecular flexibility index (Phi) is 5.68. The standard InChI is InChI=1S/C13H22FN3O4/c1-8(11(19-5)20-6)17(4)12(18)15-10-7-9(21-16-10)13(2,3)14/h7-8,11H,1-6H3,(H,15,16,18). The molecule has 1 aromatic heterocycles.